The van der Waals surface area contributed by atoms with Crippen molar-refractivity contribution >= 4 is 11.6 Å². The maximum Gasteiger partial charge on any atom is 0.397 e. The summed E-state index contributed by atoms with van der Waals surface area (Å²) < 4.78 is 36.7. The standard InChI is InChI=1S/C12H12F3NO2/c13-12(14,15)7-10(18)16-6-2-4-8-3-1-5-9(17)11(8)16/h1,3,5,17H,2,4,6-7H2. The predicted octanol–water partition coefficient (Wildman–Crippen LogP) is 2.62. The van der Waals surface area contributed by atoms with Gasteiger partial charge in [-0.3, -0.25) is 4.79 Å². The number of fused-ring (bicyclic) bond motifs is 1. The smallest absolute Gasteiger partial charge is 0.397 e. The lowest BCUT2D eigenvalue weighted by atomic mass is 10.0. The number of hydrogen-bond acceptors (Lipinski definition) is 2. The Labute approximate surface area is 102 Å². The molecule has 1 aliphatic rings. The molecule has 18 heavy (non-hydrogen) atoms. The van der Waals surface area contributed by atoms with Gasteiger partial charge < -0.3 is 10.0 Å². The van der Waals surface area contributed by atoms with Crippen molar-refractivity contribution in [3.8, 4) is 5.75 Å². The SMILES string of the molecule is O=C(CC(F)(F)F)N1CCCc2cccc(O)c21. The number of amides is 1. The Bertz CT molecular complexity index is 471. The van der Waals surface area contributed by atoms with Crippen molar-refractivity contribution in [1.82, 2.24) is 0 Å². The van der Waals surface area contributed by atoms with Crippen LogP contribution < -0.4 is 4.90 Å². The lowest BCUT2D eigenvalue weighted by Crippen LogP contribution is -2.37. The number of benzene rings is 1. The highest BCUT2D eigenvalue weighted by Crippen LogP contribution is 2.36. The van der Waals surface area contributed by atoms with Gasteiger partial charge >= 0.3 is 6.18 Å². The molecule has 1 amide bonds. The molecule has 0 fully saturated rings. The molecule has 3 nitrogen and oxygen atoms in total. The number of nitrogens with zero attached hydrogens (tertiary/aromatic N) is 1. The topological polar surface area (TPSA) is 40.5 Å². The van der Waals surface area contributed by atoms with Gasteiger partial charge in [0.05, 0.1) is 5.69 Å². The number of aromatic hydroxyl groups is 1. The number of alkyl halides is 3. The van der Waals surface area contributed by atoms with Crippen LogP contribution in [0.2, 0.25) is 0 Å². The average Bonchev–Trinajstić information content (AvgIpc) is 2.26. The van der Waals surface area contributed by atoms with Crippen LogP contribution >= 0.6 is 0 Å². The van der Waals surface area contributed by atoms with E-state index < -0.39 is 18.5 Å². The van der Waals surface area contributed by atoms with Crippen molar-refractivity contribution in [3.05, 3.63) is 23.8 Å². The van der Waals surface area contributed by atoms with Gasteiger partial charge in [-0.2, -0.15) is 13.2 Å². The second-order valence-corrected chi connectivity index (χ2v) is 4.23. The zero-order valence-corrected chi connectivity index (χ0v) is 9.50. The zero-order chi connectivity index (χ0) is 13.3. The zero-order valence-electron chi connectivity index (χ0n) is 9.50. The molecule has 1 heterocycles. The largest absolute Gasteiger partial charge is 0.506 e. The summed E-state index contributed by atoms with van der Waals surface area (Å²) in [7, 11) is 0. The van der Waals surface area contributed by atoms with Crippen molar-refractivity contribution in [1.29, 1.82) is 0 Å². The number of phenols is 1. The van der Waals surface area contributed by atoms with E-state index in [9.17, 15) is 23.1 Å². The summed E-state index contributed by atoms with van der Waals surface area (Å²) in [6.07, 6.45) is -4.78. The predicted molar refractivity (Wildman–Crippen MR) is 59.5 cm³/mol. The van der Waals surface area contributed by atoms with E-state index in [-0.39, 0.29) is 18.0 Å². The number of halogens is 3. The van der Waals surface area contributed by atoms with Crippen molar-refractivity contribution < 1.29 is 23.1 Å². The Morgan fingerprint density at radius 2 is 2.11 bits per heavy atom. The van der Waals surface area contributed by atoms with Crippen LogP contribution in [-0.4, -0.2) is 23.7 Å². The van der Waals surface area contributed by atoms with Gasteiger partial charge in [-0.25, -0.2) is 0 Å². The van der Waals surface area contributed by atoms with Crippen LogP contribution in [0.25, 0.3) is 0 Å². The van der Waals surface area contributed by atoms with Gasteiger partial charge in [-0.1, -0.05) is 12.1 Å². The molecule has 6 heteroatoms. The fourth-order valence-corrected chi connectivity index (χ4v) is 2.15. The molecule has 0 saturated carbocycles. The Kier molecular flexibility index (Phi) is 3.19. The molecule has 0 aromatic heterocycles. The van der Waals surface area contributed by atoms with Crippen LogP contribution in [0, 0.1) is 0 Å². The van der Waals surface area contributed by atoms with Crippen molar-refractivity contribution in [2.75, 3.05) is 11.4 Å². The minimum atomic E-state index is -4.53. The highest BCUT2D eigenvalue weighted by atomic mass is 19.4. The van der Waals surface area contributed by atoms with Gasteiger partial charge in [0, 0.05) is 6.54 Å². The summed E-state index contributed by atoms with van der Waals surface area (Å²) in [6, 6.07) is 4.70. The third kappa shape index (κ3) is 2.57. The number of carbonyl (C=O) groups excluding carboxylic acids is 1. The molecule has 0 atom stereocenters. The second-order valence-electron chi connectivity index (χ2n) is 4.23. The normalized spacial score (nSPS) is 15.4. The first kappa shape index (κ1) is 12.7. The van der Waals surface area contributed by atoms with E-state index in [1.807, 2.05) is 0 Å². The van der Waals surface area contributed by atoms with E-state index >= 15 is 0 Å². The number of rotatable bonds is 1. The number of carbonyl (C=O) groups is 1. The Hall–Kier alpha value is -1.72. The monoisotopic (exact) mass is 259 g/mol. The summed E-state index contributed by atoms with van der Waals surface area (Å²) in [5.74, 6) is -1.17. The van der Waals surface area contributed by atoms with E-state index in [4.69, 9.17) is 0 Å². The van der Waals surface area contributed by atoms with Crippen LogP contribution in [0.4, 0.5) is 18.9 Å². The average molecular weight is 259 g/mol. The molecular weight excluding hydrogens is 247 g/mol. The second kappa shape index (κ2) is 4.51. The van der Waals surface area contributed by atoms with E-state index in [0.717, 1.165) is 4.90 Å². The van der Waals surface area contributed by atoms with Crippen molar-refractivity contribution in [2.45, 2.75) is 25.4 Å². The summed E-state index contributed by atoms with van der Waals surface area (Å²) in [4.78, 5) is 12.7. The van der Waals surface area contributed by atoms with Gasteiger partial charge in [-0.15, -0.1) is 0 Å². The molecule has 98 valence electrons. The molecule has 1 aromatic carbocycles. The summed E-state index contributed by atoms with van der Waals surface area (Å²) >= 11 is 0. The number of phenolic OH excluding ortho intramolecular Hbond substituents is 1. The van der Waals surface area contributed by atoms with Crippen molar-refractivity contribution in [3.63, 3.8) is 0 Å². The van der Waals surface area contributed by atoms with E-state index in [1.165, 1.54) is 6.07 Å². The quantitative estimate of drug-likeness (QED) is 0.842. The highest BCUT2D eigenvalue weighted by Gasteiger charge is 2.35. The molecule has 0 spiro atoms. The minimum Gasteiger partial charge on any atom is -0.506 e. The third-order valence-corrected chi connectivity index (χ3v) is 2.85. The minimum absolute atomic E-state index is 0.150. The molecule has 0 unspecified atom stereocenters. The fourth-order valence-electron chi connectivity index (χ4n) is 2.15. The van der Waals surface area contributed by atoms with Crippen molar-refractivity contribution in [2.24, 2.45) is 0 Å². The molecular formula is C12H12F3NO2. The Morgan fingerprint density at radius 3 is 2.78 bits per heavy atom. The number of hydrogen-bond donors (Lipinski definition) is 1. The molecule has 0 radical (unpaired) electrons. The van der Waals surface area contributed by atoms with Crippen LogP contribution in [0.15, 0.2) is 18.2 Å². The number of para-hydroxylation sites is 1. The lowest BCUT2D eigenvalue weighted by molar-refractivity contribution is -0.152. The number of aryl methyl sites for hydroxylation is 1. The summed E-state index contributed by atoms with van der Waals surface area (Å²) in [5, 5.41) is 9.70. The Morgan fingerprint density at radius 1 is 1.39 bits per heavy atom. The van der Waals surface area contributed by atoms with Crippen LogP contribution in [-0.2, 0) is 11.2 Å². The first-order valence-electron chi connectivity index (χ1n) is 5.56. The van der Waals surface area contributed by atoms with E-state index in [1.54, 1.807) is 12.1 Å². The Balaban J connectivity index is 2.30. The molecule has 1 aliphatic heterocycles. The van der Waals surface area contributed by atoms with Gasteiger partial charge in [0.25, 0.3) is 0 Å². The number of anilines is 1. The molecule has 2 rings (SSSR count). The van der Waals surface area contributed by atoms with Gasteiger partial charge in [0.15, 0.2) is 0 Å². The fraction of sp³-hybridized carbons (Fsp3) is 0.417. The summed E-state index contributed by atoms with van der Waals surface area (Å²) in [6.45, 7) is 0.208. The first-order chi connectivity index (χ1) is 8.38. The maximum absolute atomic E-state index is 12.2. The molecule has 0 aliphatic carbocycles. The van der Waals surface area contributed by atoms with Gasteiger partial charge in [0.1, 0.15) is 12.2 Å². The van der Waals surface area contributed by atoms with Crippen LogP contribution in [0.3, 0.4) is 0 Å². The highest BCUT2D eigenvalue weighted by molar-refractivity contribution is 5.96. The van der Waals surface area contributed by atoms with Gasteiger partial charge in [-0.05, 0) is 24.5 Å². The van der Waals surface area contributed by atoms with Crippen LogP contribution in [0.5, 0.6) is 5.75 Å². The third-order valence-electron chi connectivity index (χ3n) is 2.85. The molecule has 0 saturated heterocycles. The molecule has 0 bridgehead atoms. The van der Waals surface area contributed by atoms with E-state index in [2.05, 4.69) is 0 Å². The van der Waals surface area contributed by atoms with Gasteiger partial charge in [0.2, 0.25) is 5.91 Å². The maximum atomic E-state index is 12.2. The van der Waals surface area contributed by atoms with Crippen LogP contribution in [0.1, 0.15) is 18.4 Å². The first-order valence-corrected chi connectivity index (χ1v) is 5.56. The van der Waals surface area contributed by atoms with E-state index in [0.29, 0.717) is 18.4 Å². The lowest BCUT2D eigenvalue weighted by Gasteiger charge is -2.30. The summed E-state index contributed by atoms with van der Waals surface area (Å²) in [5.41, 5.74) is 0.926. The molecule has 1 aromatic rings. The molecule has 1 N–H and O–H groups in total.